The van der Waals surface area contributed by atoms with Crippen LogP contribution in [-0.2, 0) is 0 Å². The molecule has 1 heteroatoms. The molecule has 0 spiro atoms. The highest BCUT2D eigenvalue weighted by molar-refractivity contribution is 5.24. The van der Waals surface area contributed by atoms with Gasteiger partial charge in [-0.3, -0.25) is 0 Å². The van der Waals surface area contributed by atoms with Gasteiger partial charge in [-0.05, 0) is 18.9 Å². The van der Waals surface area contributed by atoms with E-state index in [1.807, 2.05) is 0 Å². The zero-order chi connectivity index (χ0) is 13.9. The summed E-state index contributed by atoms with van der Waals surface area (Å²) in [7, 11) is 0. The Morgan fingerprint density at radius 1 is 0.947 bits per heavy atom. The molecule has 0 aliphatic heterocycles. The molecule has 0 saturated carbocycles. The monoisotopic (exact) mass is 261 g/mol. The van der Waals surface area contributed by atoms with Gasteiger partial charge in [0.15, 0.2) is 0 Å². The minimum Gasteiger partial charge on any atom is -0.324 e. The van der Waals surface area contributed by atoms with E-state index in [1.165, 1.54) is 62.5 Å². The van der Waals surface area contributed by atoms with Crippen molar-refractivity contribution < 1.29 is 0 Å². The molecule has 0 heterocycles. The molecular formula is C18H31N. The Labute approximate surface area is 119 Å². The highest BCUT2D eigenvalue weighted by atomic mass is 14.6. The van der Waals surface area contributed by atoms with E-state index >= 15 is 0 Å². The first-order chi connectivity index (χ1) is 9.24. The predicted octanol–water partition coefficient (Wildman–Crippen LogP) is 5.53. The Kier molecular flexibility index (Phi) is 8.57. The van der Waals surface area contributed by atoms with Gasteiger partial charge in [0.1, 0.15) is 0 Å². The van der Waals surface area contributed by atoms with E-state index in [4.69, 9.17) is 5.73 Å². The van der Waals surface area contributed by atoms with Crippen LogP contribution in [0.1, 0.15) is 81.9 Å². The van der Waals surface area contributed by atoms with Crippen LogP contribution in [0.5, 0.6) is 0 Å². The van der Waals surface area contributed by atoms with Crippen molar-refractivity contribution in [3.05, 3.63) is 35.4 Å². The molecule has 1 atom stereocenters. The second-order valence-electron chi connectivity index (χ2n) is 5.78. The summed E-state index contributed by atoms with van der Waals surface area (Å²) in [6.07, 6.45) is 12.1. The normalized spacial score (nSPS) is 12.6. The van der Waals surface area contributed by atoms with Gasteiger partial charge >= 0.3 is 0 Å². The summed E-state index contributed by atoms with van der Waals surface area (Å²) >= 11 is 0. The maximum atomic E-state index is 6.24. The maximum Gasteiger partial charge on any atom is 0.0294 e. The van der Waals surface area contributed by atoms with Gasteiger partial charge in [-0.1, -0.05) is 88.1 Å². The lowest BCUT2D eigenvalue weighted by atomic mass is 9.99. The van der Waals surface area contributed by atoms with Gasteiger partial charge in [0.05, 0.1) is 0 Å². The summed E-state index contributed by atoms with van der Waals surface area (Å²) in [6.45, 7) is 4.40. The Hall–Kier alpha value is -0.820. The number of benzene rings is 1. The standard InChI is InChI=1S/C18H31N/c1-3-4-5-6-7-8-9-10-14-18(19)17-13-11-12-16(2)15-17/h11-13,15,18H,3-10,14,19H2,1-2H3. The smallest absolute Gasteiger partial charge is 0.0294 e. The van der Waals surface area contributed by atoms with Crippen LogP contribution < -0.4 is 5.73 Å². The first-order valence-corrected chi connectivity index (χ1v) is 8.06. The molecule has 108 valence electrons. The molecule has 0 radical (unpaired) electrons. The summed E-state index contributed by atoms with van der Waals surface area (Å²) in [4.78, 5) is 0. The number of rotatable bonds is 10. The lowest BCUT2D eigenvalue weighted by Crippen LogP contribution is -2.10. The third kappa shape index (κ3) is 7.37. The molecule has 0 amide bonds. The molecule has 0 fully saturated rings. The van der Waals surface area contributed by atoms with Crippen LogP contribution in [0, 0.1) is 6.92 Å². The SMILES string of the molecule is CCCCCCCCCCC(N)c1cccc(C)c1. The van der Waals surface area contributed by atoms with E-state index in [-0.39, 0.29) is 6.04 Å². The van der Waals surface area contributed by atoms with Crippen LogP contribution in [-0.4, -0.2) is 0 Å². The van der Waals surface area contributed by atoms with E-state index in [0.717, 1.165) is 6.42 Å². The average molecular weight is 261 g/mol. The van der Waals surface area contributed by atoms with Crippen molar-refractivity contribution in [2.75, 3.05) is 0 Å². The highest BCUT2D eigenvalue weighted by Gasteiger charge is 2.05. The third-order valence-corrected chi connectivity index (χ3v) is 3.84. The summed E-state index contributed by atoms with van der Waals surface area (Å²) in [5.41, 5.74) is 8.85. The Balaban J connectivity index is 2.06. The Morgan fingerprint density at radius 2 is 1.58 bits per heavy atom. The van der Waals surface area contributed by atoms with Gasteiger partial charge in [0.25, 0.3) is 0 Å². The first-order valence-electron chi connectivity index (χ1n) is 8.06. The largest absolute Gasteiger partial charge is 0.324 e. The second-order valence-corrected chi connectivity index (χ2v) is 5.78. The van der Waals surface area contributed by atoms with Crippen molar-refractivity contribution in [3.63, 3.8) is 0 Å². The van der Waals surface area contributed by atoms with Gasteiger partial charge in [0, 0.05) is 6.04 Å². The van der Waals surface area contributed by atoms with E-state index < -0.39 is 0 Å². The number of aryl methyl sites for hydroxylation is 1. The average Bonchev–Trinajstić information content (AvgIpc) is 2.41. The van der Waals surface area contributed by atoms with E-state index in [2.05, 4.69) is 38.1 Å². The zero-order valence-electron chi connectivity index (χ0n) is 12.8. The van der Waals surface area contributed by atoms with Crippen molar-refractivity contribution in [2.45, 2.75) is 77.7 Å². The number of nitrogens with two attached hydrogens (primary N) is 1. The third-order valence-electron chi connectivity index (χ3n) is 3.84. The first kappa shape index (κ1) is 16.2. The molecule has 2 N–H and O–H groups in total. The number of hydrogen-bond donors (Lipinski definition) is 1. The molecule has 19 heavy (non-hydrogen) atoms. The zero-order valence-corrected chi connectivity index (χ0v) is 12.8. The lowest BCUT2D eigenvalue weighted by molar-refractivity contribution is 0.536. The van der Waals surface area contributed by atoms with E-state index in [0.29, 0.717) is 0 Å². The summed E-state index contributed by atoms with van der Waals surface area (Å²) in [6, 6.07) is 8.84. The van der Waals surface area contributed by atoms with Gasteiger partial charge in [0.2, 0.25) is 0 Å². The number of hydrogen-bond acceptors (Lipinski definition) is 1. The topological polar surface area (TPSA) is 26.0 Å². The number of unbranched alkanes of at least 4 members (excludes halogenated alkanes) is 7. The minimum atomic E-state index is 0.222. The second kappa shape index (κ2) is 10.0. The van der Waals surface area contributed by atoms with Crippen LogP contribution in [0.3, 0.4) is 0 Å². The molecule has 1 nitrogen and oxygen atoms in total. The van der Waals surface area contributed by atoms with Crippen molar-refractivity contribution in [3.8, 4) is 0 Å². The van der Waals surface area contributed by atoms with Crippen LogP contribution in [0.2, 0.25) is 0 Å². The summed E-state index contributed by atoms with van der Waals surface area (Å²) < 4.78 is 0. The Morgan fingerprint density at radius 3 is 2.21 bits per heavy atom. The van der Waals surface area contributed by atoms with Crippen LogP contribution >= 0.6 is 0 Å². The van der Waals surface area contributed by atoms with Crippen LogP contribution in [0.25, 0.3) is 0 Å². The summed E-state index contributed by atoms with van der Waals surface area (Å²) in [5, 5.41) is 0. The van der Waals surface area contributed by atoms with Crippen LogP contribution in [0.4, 0.5) is 0 Å². The fourth-order valence-corrected chi connectivity index (χ4v) is 2.57. The minimum absolute atomic E-state index is 0.222. The highest BCUT2D eigenvalue weighted by Crippen LogP contribution is 2.19. The van der Waals surface area contributed by atoms with E-state index in [9.17, 15) is 0 Å². The molecular weight excluding hydrogens is 230 g/mol. The van der Waals surface area contributed by atoms with Crippen molar-refractivity contribution >= 4 is 0 Å². The maximum absolute atomic E-state index is 6.24. The molecule has 1 unspecified atom stereocenters. The fourth-order valence-electron chi connectivity index (χ4n) is 2.57. The van der Waals surface area contributed by atoms with Crippen molar-refractivity contribution in [1.82, 2.24) is 0 Å². The molecule has 1 aromatic carbocycles. The van der Waals surface area contributed by atoms with Crippen molar-refractivity contribution in [2.24, 2.45) is 5.73 Å². The fraction of sp³-hybridized carbons (Fsp3) is 0.667. The molecule has 0 aromatic heterocycles. The molecule has 1 rings (SSSR count). The molecule has 0 aliphatic rings. The quantitative estimate of drug-likeness (QED) is 0.551. The van der Waals surface area contributed by atoms with Crippen molar-refractivity contribution in [1.29, 1.82) is 0 Å². The van der Waals surface area contributed by atoms with Crippen LogP contribution in [0.15, 0.2) is 24.3 Å². The van der Waals surface area contributed by atoms with E-state index in [1.54, 1.807) is 0 Å². The van der Waals surface area contributed by atoms with Gasteiger partial charge in [-0.15, -0.1) is 0 Å². The Bertz CT molecular complexity index is 332. The molecule has 1 aromatic rings. The molecule has 0 bridgehead atoms. The van der Waals surface area contributed by atoms with Gasteiger partial charge in [-0.2, -0.15) is 0 Å². The summed E-state index contributed by atoms with van der Waals surface area (Å²) in [5.74, 6) is 0. The molecule has 0 saturated heterocycles. The molecule has 0 aliphatic carbocycles. The van der Waals surface area contributed by atoms with Gasteiger partial charge < -0.3 is 5.73 Å². The van der Waals surface area contributed by atoms with Gasteiger partial charge in [-0.25, -0.2) is 0 Å². The lowest BCUT2D eigenvalue weighted by Gasteiger charge is -2.12. The predicted molar refractivity (Wildman–Crippen MR) is 85.3 cm³/mol.